The molecule has 0 N–H and O–H groups in total. The van der Waals surface area contributed by atoms with E-state index in [2.05, 4.69) is 48.5 Å². The Morgan fingerprint density at radius 3 is 2.00 bits per heavy atom. The van der Waals surface area contributed by atoms with Crippen LogP contribution in [0.4, 0.5) is 0 Å². The van der Waals surface area contributed by atoms with E-state index in [1.165, 1.54) is 0 Å². The van der Waals surface area contributed by atoms with E-state index in [-0.39, 0.29) is 48.3 Å². The molecule has 0 aromatic rings. The van der Waals surface area contributed by atoms with Gasteiger partial charge in [-0.25, -0.2) is 0 Å². The fourth-order valence-electron chi connectivity index (χ4n) is 4.95. The minimum Gasteiger partial charge on any atom is -0.372 e. The second kappa shape index (κ2) is 9.16. The molecule has 2 fully saturated rings. The first kappa shape index (κ1) is 21.8. The highest BCUT2D eigenvalue weighted by Crippen LogP contribution is 2.41. The van der Waals surface area contributed by atoms with Gasteiger partial charge in [0.1, 0.15) is 5.78 Å². The van der Waals surface area contributed by atoms with Crippen molar-refractivity contribution in [3.05, 3.63) is 0 Å². The number of hydrogen-bond acceptors (Lipinski definition) is 4. The minimum absolute atomic E-state index is 0.0221. The molecule has 4 unspecified atom stereocenters. The summed E-state index contributed by atoms with van der Waals surface area (Å²) < 4.78 is 19.3. The Hall–Kier alpha value is -0.450. The SMILES string of the molecule is CCC1O[C@@H](O[C@@H]2C(CC)O[C@@H](C)C(CC(C)=O)[C@H]2C)C(C)[C@@H](C)[C@@H]1C. The summed E-state index contributed by atoms with van der Waals surface area (Å²) in [6.45, 7) is 17.2. The summed E-state index contributed by atoms with van der Waals surface area (Å²) >= 11 is 0. The largest absolute Gasteiger partial charge is 0.372 e. The summed E-state index contributed by atoms with van der Waals surface area (Å²) in [6, 6.07) is 0. The third-order valence-corrected chi connectivity index (χ3v) is 7.15. The Kier molecular flexibility index (Phi) is 7.70. The molecular weight excluding hydrogens is 328 g/mol. The van der Waals surface area contributed by atoms with Gasteiger partial charge in [0, 0.05) is 12.3 Å². The number of rotatable bonds is 6. The number of ether oxygens (including phenoxy) is 3. The molecule has 26 heavy (non-hydrogen) atoms. The average molecular weight is 369 g/mol. The molecule has 2 heterocycles. The standard InChI is InChI=1S/C22H40O4/c1-9-19-14(5)13(4)15(6)22(25-19)26-21-16(7)18(11-12(3)23)17(8)24-20(21)10-2/h13-22H,9-11H2,1-8H3/t13-,14-,15?,16+,17-,18?,19?,20?,21-,22-/m0/s1. The first-order chi connectivity index (χ1) is 12.2. The molecule has 152 valence electrons. The molecule has 2 aliphatic heterocycles. The summed E-state index contributed by atoms with van der Waals surface area (Å²) in [4.78, 5) is 11.7. The van der Waals surface area contributed by atoms with Crippen molar-refractivity contribution in [1.82, 2.24) is 0 Å². The zero-order chi connectivity index (χ0) is 19.6. The third kappa shape index (κ3) is 4.51. The van der Waals surface area contributed by atoms with Crippen LogP contribution < -0.4 is 0 Å². The number of carbonyl (C=O) groups excluding carboxylic acids is 1. The van der Waals surface area contributed by atoms with Crippen LogP contribution in [0.2, 0.25) is 0 Å². The van der Waals surface area contributed by atoms with Gasteiger partial charge in [-0.1, -0.05) is 41.5 Å². The highest BCUT2D eigenvalue weighted by Gasteiger charge is 2.46. The van der Waals surface area contributed by atoms with Crippen LogP contribution in [0.3, 0.4) is 0 Å². The van der Waals surface area contributed by atoms with Gasteiger partial charge in [-0.3, -0.25) is 0 Å². The number of ketones is 1. The zero-order valence-corrected chi connectivity index (χ0v) is 18.0. The van der Waals surface area contributed by atoms with E-state index >= 15 is 0 Å². The van der Waals surface area contributed by atoms with Crippen molar-refractivity contribution < 1.29 is 19.0 Å². The molecule has 0 aliphatic carbocycles. The third-order valence-electron chi connectivity index (χ3n) is 7.15. The molecule has 0 spiro atoms. The van der Waals surface area contributed by atoms with E-state index < -0.39 is 0 Å². The molecule has 0 aromatic carbocycles. The fraction of sp³-hybridized carbons (Fsp3) is 0.955. The maximum absolute atomic E-state index is 11.7. The highest BCUT2D eigenvalue weighted by molar-refractivity contribution is 5.75. The van der Waals surface area contributed by atoms with Gasteiger partial charge < -0.3 is 19.0 Å². The molecule has 0 bridgehead atoms. The maximum Gasteiger partial charge on any atom is 0.161 e. The van der Waals surface area contributed by atoms with Crippen LogP contribution >= 0.6 is 0 Å². The van der Waals surface area contributed by atoms with Gasteiger partial charge in [0.15, 0.2) is 6.29 Å². The molecule has 0 amide bonds. The van der Waals surface area contributed by atoms with Crippen LogP contribution in [0.15, 0.2) is 0 Å². The van der Waals surface area contributed by atoms with Crippen molar-refractivity contribution in [3.63, 3.8) is 0 Å². The zero-order valence-electron chi connectivity index (χ0n) is 18.0. The second-order valence-corrected chi connectivity index (χ2v) is 8.85. The van der Waals surface area contributed by atoms with E-state index in [1.54, 1.807) is 6.92 Å². The van der Waals surface area contributed by atoms with Crippen molar-refractivity contribution in [1.29, 1.82) is 0 Å². The number of carbonyl (C=O) groups is 1. The van der Waals surface area contributed by atoms with Crippen LogP contribution in [0.25, 0.3) is 0 Å². The van der Waals surface area contributed by atoms with Gasteiger partial charge in [0.2, 0.25) is 0 Å². The lowest BCUT2D eigenvalue weighted by atomic mass is 9.76. The highest BCUT2D eigenvalue weighted by atomic mass is 16.7. The quantitative estimate of drug-likeness (QED) is 0.673. The predicted octanol–water partition coefficient (Wildman–Crippen LogP) is 4.84. The molecule has 0 saturated carbocycles. The van der Waals surface area contributed by atoms with Gasteiger partial charge >= 0.3 is 0 Å². The summed E-state index contributed by atoms with van der Waals surface area (Å²) in [5, 5.41) is 0. The van der Waals surface area contributed by atoms with Crippen molar-refractivity contribution in [2.75, 3.05) is 0 Å². The van der Waals surface area contributed by atoms with Crippen LogP contribution in [0, 0.1) is 29.6 Å². The molecule has 2 aliphatic rings. The van der Waals surface area contributed by atoms with E-state index in [1.807, 2.05) is 0 Å². The predicted molar refractivity (Wildman–Crippen MR) is 104 cm³/mol. The van der Waals surface area contributed by atoms with E-state index in [9.17, 15) is 4.79 Å². The summed E-state index contributed by atoms with van der Waals surface area (Å²) in [5.41, 5.74) is 0. The Bertz CT molecular complexity index is 463. The van der Waals surface area contributed by atoms with Crippen LogP contribution in [-0.4, -0.2) is 36.5 Å². The molecule has 0 aromatic heterocycles. The molecule has 10 atom stereocenters. The van der Waals surface area contributed by atoms with Crippen molar-refractivity contribution in [3.8, 4) is 0 Å². The minimum atomic E-state index is -0.192. The molecule has 2 rings (SSSR count). The molecular formula is C22H40O4. The maximum atomic E-state index is 11.7. The Labute approximate surface area is 160 Å². The Balaban J connectivity index is 2.16. The lowest BCUT2D eigenvalue weighted by Gasteiger charge is -2.49. The first-order valence-electron chi connectivity index (χ1n) is 10.7. The van der Waals surface area contributed by atoms with Crippen LogP contribution in [0.1, 0.15) is 74.7 Å². The van der Waals surface area contributed by atoms with Crippen LogP contribution in [-0.2, 0) is 19.0 Å². The number of hydrogen-bond donors (Lipinski definition) is 0. The van der Waals surface area contributed by atoms with Crippen LogP contribution in [0.5, 0.6) is 0 Å². The topological polar surface area (TPSA) is 44.8 Å². The lowest BCUT2D eigenvalue weighted by molar-refractivity contribution is -0.300. The van der Waals surface area contributed by atoms with Crippen molar-refractivity contribution in [2.24, 2.45) is 29.6 Å². The molecule has 4 heteroatoms. The summed E-state index contributed by atoms with van der Waals surface area (Å²) in [5.74, 6) is 2.16. The molecule has 2 saturated heterocycles. The van der Waals surface area contributed by atoms with Gasteiger partial charge in [0.05, 0.1) is 24.4 Å². The van der Waals surface area contributed by atoms with Crippen molar-refractivity contribution in [2.45, 2.75) is 105 Å². The molecule has 0 radical (unpaired) electrons. The smallest absolute Gasteiger partial charge is 0.161 e. The Morgan fingerprint density at radius 2 is 1.46 bits per heavy atom. The fourth-order valence-corrected chi connectivity index (χ4v) is 4.95. The molecule has 4 nitrogen and oxygen atoms in total. The summed E-state index contributed by atoms with van der Waals surface area (Å²) in [6.07, 6.45) is 2.67. The van der Waals surface area contributed by atoms with E-state index in [0.29, 0.717) is 24.2 Å². The van der Waals surface area contributed by atoms with Crippen molar-refractivity contribution >= 4 is 5.78 Å². The van der Waals surface area contributed by atoms with Gasteiger partial charge in [0.25, 0.3) is 0 Å². The lowest BCUT2D eigenvalue weighted by Crippen LogP contribution is -2.54. The van der Waals surface area contributed by atoms with Gasteiger partial charge in [-0.15, -0.1) is 0 Å². The van der Waals surface area contributed by atoms with Gasteiger partial charge in [-0.05, 0) is 50.4 Å². The normalized spacial score (nSPS) is 46.9. The van der Waals surface area contributed by atoms with E-state index in [4.69, 9.17) is 14.2 Å². The second-order valence-electron chi connectivity index (χ2n) is 8.85. The average Bonchev–Trinajstić information content (AvgIpc) is 2.60. The van der Waals surface area contributed by atoms with Gasteiger partial charge in [-0.2, -0.15) is 0 Å². The first-order valence-corrected chi connectivity index (χ1v) is 10.7. The Morgan fingerprint density at radius 1 is 0.846 bits per heavy atom. The summed E-state index contributed by atoms with van der Waals surface area (Å²) in [7, 11) is 0. The monoisotopic (exact) mass is 368 g/mol. The number of Topliss-reactive ketones (excluding diaryl/α,β-unsaturated/α-hetero) is 1. The van der Waals surface area contributed by atoms with E-state index in [0.717, 1.165) is 12.8 Å².